The number of fused-ring (bicyclic) bond motifs is 1. The van der Waals surface area contributed by atoms with Gasteiger partial charge in [-0.2, -0.15) is 0 Å². The lowest BCUT2D eigenvalue weighted by molar-refractivity contribution is -0.136. The van der Waals surface area contributed by atoms with Gasteiger partial charge in [0.05, 0.1) is 12.7 Å². The van der Waals surface area contributed by atoms with Gasteiger partial charge in [-0.3, -0.25) is 0 Å². The van der Waals surface area contributed by atoms with Gasteiger partial charge in [0.2, 0.25) is 6.79 Å². The lowest BCUT2D eigenvalue weighted by Gasteiger charge is -2.14. The van der Waals surface area contributed by atoms with Gasteiger partial charge in [-0.15, -0.1) is 0 Å². The first-order valence-corrected chi connectivity index (χ1v) is 7.16. The molecule has 3 rings (SSSR count). The highest BCUT2D eigenvalue weighted by Gasteiger charge is 2.32. The fraction of sp³-hybridized carbons (Fsp3) is 0.353. The van der Waals surface area contributed by atoms with Gasteiger partial charge in [-0.05, 0) is 38.0 Å². The molecular weight excluding hydrogens is 284 g/mol. The van der Waals surface area contributed by atoms with Crippen LogP contribution in [-0.2, 0) is 14.3 Å². The van der Waals surface area contributed by atoms with E-state index in [0.29, 0.717) is 28.6 Å². The predicted octanol–water partition coefficient (Wildman–Crippen LogP) is 3.26. The van der Waals surface area contributed by atoms with Crippen molar-refractivity contribution in [1.82, 2.24) is 0 Å². The number of ether oxygens (including phenoxy) is 4. The first kappa shape index (κ1) is 14.5. The van der Waals surface area contributed by atoms with Crippen LogP contribution in [0.5, 0.6) is 11.5 Å². The van der Waals surface area contributed by atoms with Crippen LogP contribution in [0.3, 0.4) is 0 Å². The number of carbonyl (C=O) groups excluding carboxylic acids is 1. The first-order chi connectivity index (χ1) is 10.6. The van der Waals surface area contributed by atoms with E-state index < -0.39 is 0 Å². The zero-order valence-corrected chi connectivity index (χ0v) is 12.7. The van der Waals surface area contributed by atoms with Gasteiger partial charge < -0.3 is 18.9 Å². The van der Waals surface area contributed by atoms with Crippen LogP contribution in [0.4, 0.5) is 0 Å². The van der Waals surface area contributed by atoms with Gasteiger partial charge >= 0.3 is 5.97 Å². The summed E-state index contributed by atoms with van der Waals surface area (Å²) in [5.74, 6) is 2.40. The second-order valence-corrected chi connectivity index (χ2v) is 5.35. The molecule has 0 saturated heterocycles. The van der Waals surface area contributed by atoms with Crippen molar-refractivity contribution in [3.8, 4) is 11.5 Å². The standard InChI is InChI=1S/C17H18O5/c1-10(17(18)19-3)16(12-4-5-12)22-11(2)13-6-7-14-15(8-13)21-9-20-14/h6-8,12H,2,4-5,9H2,1,3H3. The highest BCUT2D eigenvalue weighted by molar-refractivity contribution is 5.88. The quantitative estimate of drug-likeness (QED) is 0.475. The van der Waals surface area contributed by atoms with Crippen LogP contribution in [0.25, 0.3) is 5.76 Å². The Labute approximate surface area is 129 Å². The zero-order valence-electron chi connectivity index (χ0n) is 12.7. The molecule has 5 heteroatoms. The maximum Gasteiger partial charge on any atom is 0.336 e. The Morgan fingerprint density at radius 3 is 2.68 bits per heavy atom. The molecule has 1 aliphatic heterocycles. The van der Waals surface area contributed by atoms with Crippen LogP contribution < -0.4 is 9.47 Å². The van der Waals surface area contributed by atoms with E-state index in [9.17, 15) is 4.79 Å². The average molecular weight is 302 g/mol. The number of esters is 1. The molecule has 1 heterocycles. The lowest BCUT2D eigenvalue weighted by Crippen LogP contribution is -2.08. The van der Waals surface area contributed by atoms with Crippen molar-refractivity contribution in [3.63, 3.8) is 0 Å². The summed E-state index contributed by atoms with van der Waals surface area (Å²) in [6, 6.07) is 5.50. The molecule has 1 aliphatic carbocycles. The maximum atomic E-state index is 11.7. The predicted molar refractivity (Wildman–Crippen MR) is 80.1 cm³/mol. The molecule has 0 atom stereocenters. The van der Waals surface area contributed by atoms with E-state index in [-0.39, 0.29) is 18.7 Å². The number of benzene rings is 1. The summed E-state index contributed by atoms with van der Waals surface area (Å²) in [6.07, 6.45) is 2.02. The summed E-state index contributed by atoms with van der Waals surface area (Å²) in [5.41, 5.74) is 1.28. The van der Waals surface area contributed by atoms with Crippen molar-refractivity contribution in [2.75, 3.05) is 13.9 Å². The van der Waals surface area contributed by atoms with Crippen molar-refractivity contribution in [2.24, 2.45) is 5.92 Å². The van der Waals surface area contributed by atoms with Crippen molar-refractivity contribution in [2.45, 2.75) is 19.8 Å². The van der Waals surface area contributed by atoms with Gasteiger partial charge in [0.1, 0.15) is 11.5 Å². The molecule has 0 amide bonds. The molecule has 0 aromatic heterocycles. The van der Waals surface area contributed by atoms with E-state index in [2.05, 4.69) is 6.58 Å². The van der Waals surface area contributed by atoms with Crippen LogP contribution in [0.2, 0.25) is 0 Å². The van der Waals surface area contributed by atoms with Gasteiger partial charge in [-0.1, -0.05) is 6.58 Å². The zero-order chi connectivity index (χ0) is 15.7. The molecule has 1 saturated carbocycles. The molecule has 116 valence electrons. The number of hydrogen-bond acceptors (Lipinski definition) is 5. The van der Waals surface area contributed by atoms with Crippen LogP contribution in [0.1, 0.15) is 25.3 Å². The molecule has 2 aliphatic rings. The fourth-order valence-electron chi connectivity index (χ4n) is 2.33. The van der Waals surface area contributed by atoms with E-state index in [1.165, 1.54) is 7.11 Å². The molecule has 0 unspecified atom stereocenters. The van der Waals surface area contributed by atoms with E-state index in [0.717, 1.165) is 18.4 Å². The molecule has 1 aromatic carbocycles. The Morgan fingerprint density at radius 2 is 2.00 bits per heavy atom. The molecule has 5 nitrogen and oxygen atoms in total. The highest BCUT2D eigenvalue weighted by Crippen LogP contribution is 2.41. The Kier molecular flexibility index (Phi) is 3.79. The summed E-state index contributed by atoms with van der Waals surface area (Å²) in [7, 11) is 1.36. The van der Waals surface area contributed by atoms with E-state index in [1.807, 2.05) is 18.2 Å². The summed E-state index contributed by atoms with van der Waals surface area (Å²) in [5, 5.41) is 0. The van der Waals surface area contributed by atoms with E-state index in [4.69, 9.17) is 18.9 Å². The van der Waals surface area contributed by atoms with Gasteiger partial charge in [-0.25, -0.2) is 4.79 Å². The van der Waals surface area contributed by atoms with Crippen LogP contribution in [0, 0.1) is 5.92 Å². The Hall–Kier alpha value is -2.43. The smallest absolute Gasteiger partial charge is 0.336 e. The topological polar surface area (TPSA) is 54.0 Å². The van der Waals surface area contributed by atoms with Crippen LogP contribution in [0.15, 0.2) is 36.1 Å². The van der Waals surface area contributed by atoms with Crippen molar-refractivity contribution >= 4 is 11.7 Å². The monoisotopic (exact) mass is 302 g/mol. The minimum Gasteiger partial charge on any atom is -0.466 e. The minimum absolute atomic E-state index is 0.223. The largest absolute Gasteiger partial charge is 0.466 e. The molecule has 0 spiro atoms. The normalized spacial score (nSPS) is 16.8. The molecule has 1 aromatic rings. The Balaban J connectivity index is 1.81. The summed E-state index contributed by atoms with van der Waals surface area (Å²) in [4.78, 5) is 11.7. The van der Waals surface area contributed by atoms with Crippen LogP contribution in [-0.4, -0.2) is 19.9 Å². The maximum absolute atomic E-state index is 11.7. The summed E-state index contributed by atoms with van der Waals surface area (Å²) < 4.78 is 21.3. The SMILES string of the molecule is C=C(OC(=C(C)C(=O)OC)C1CC1)c1ccc2c(c1)OCO2. The van der Waals surface area contributed by atoms with Crippen LogP contribution >= 0.6 is 0 Å². The third kappa shape index (κ3) is 2.79. The van der Waals surface area contributed by atoms with Gasteiger partial charge in [0.25, 0.3) is 0 Å². The molecule has 0 radical (unpaired) electrons. The molecule has 1 fully saturated rings. The third-order valence-corrected chi connectivity index (χ3v) is 3.74. The Bertz CT molecular complexity index is 655. The van der Waals surface area contributed by atoms with E-state index in [1.54, 1.807) is 6.92 Å². The van der Waals surface area contributed by atoms with E-state index >= 15 is 0 Å². The third-order valence-electron chi connectivity index (χ3n) is 3.74. The number of hydrogen-bond donors (Lipinski definition) is 0. The molecule has 22 heavy (non-hydrogen) atoms. The van der Waals surface area contributed by atoms with Crippen molar-refractivity contribution < 1.29 is 23.7 Å². The number of rotatable bonds is 5. The minimum atomic E-state index is -0.375. The van der Waals surface area contributed by atoms with Crippen molar-refractivity contribution in [1.29, 1.82) is 0 Å². The van der Waals surface area contributed by atoms with Crippen molar-refractivity contribution in [3.05, 3.63) is 41.7 Å². The number of carbonyl (C=O) groups is 1. The summed E-state index contributed by atoms with van der Waals surface area (Å²) >= 11 is 0. The first-order valence-electron chi connectivity index (χ1n) is 7.16. The second kappa shape index (κ2) is 5.75. The fourth-order valence-corrected chi connectivity index (χ4v) is 2.33. The lowest BCUT2D eigenvalue weighted by atomic mass is 10.1. The second-order valence-electron chi connectivity index (χ2n) is 5.35. The highest BCUT2D eigenvalue weighted by atomic mass is 16.7. The molecule has 0 bridgehead atoms. The van der Waals surface area contributed by atoms with Gasteiger partial charge in [0, 0.05) is 11.5 Å². The van der Waals surface area contributed by atoms with Gasteiger partial charge in [0.15, 0.2) is 11.5 Å². The summed E-state index contributed by atoms with van der Waals surface area (Å²) in [6.45, 7) is 5.90. The number of methoxy groups -OCH3 is 1. The molecule has 0 N–H and O–H groups in total. The number of allylic oxidation sites excluding steroid dienone is 1. The molecular formula is C17H18O5. The average Bonchev–Trinajstić information content (AvgIpc) is 3.27. The Morgan fingerprint density at radius 1 is 1.27 bits per heavy atom.